The number of aromatic nitrogens is 5. The molecule has 12 aromatic rings. The Labute approximate surface area is 345 Å². The molecule has 0 spiro atoms. The van der Waals surface area contributed by atoms with E-state index in [2.05, 4.69) is 174 Å². The normalized spacial score (nSPS) is 11.7. The molecule has 3 aromatic heterocycles. The van der Waals surface area contributed by atoms with Gasteiger partial charge in [-0.25, -0.2) is 15.0 Å². The lowest BCUT2D eigenvalue weighted by Crippen LogP contribution is -2.01. The highest BCUT2D eigenvalue weighted by atomic mass is 15.0. The molecule has 278 valence electrons. The summed E-state index contributed by atoms with van der Waals surface area (Å²) in [6.45, 7) is 0. The molecule has 0 N–H and O–H groups in total. The second-order valence-corrected chi connectivity index (χ2v) is 15.3. The first kappa shape index (κ1) is 33.9. The van der Waals surface area contributed by atoms with Crippen LogP contribution in [0, 0.1) is 0 Å². The van der Waals surface area contributed by atoms with Gasteiger partial charge in [-0.3, -0.25) is 9.97 Å². The van der Waals surface area contributed by atoms with Crippen LogP contribution in [0.25, 0.3) is 121 Å². The second kappa shape index (κ2) is 13.8. The number of hydrogen-bond donors (Lipinski definition) is 0. The maximum atomic E-state index is 5.33. The lowest BCUT2D eigenvalue weighted by molar-refractivity contribution is 1.07. The molecule has 0 fully saturated rings. The Hall–Kier alpha value is -8.15. The fraction of sp³-hybridized carbons (Fsp3) is 0. The minimum absolute atomic E-state index is 0.588. The van der Waals surface area contributed by atoms with Gasteiger partial charge in [0.25, 0.3) is 0 Å². The van der Waals surface area contributed by atoms with Crippen LogP contribution in [0.2, 0.25) is 0 Å². The average Bonchev–Trinajstić information content (AvgIpc) is 3.31. The van der Waals surface area contributed by atoms with Gasteiger partial charge in [-0.1, -0.05) is 109 Å². The quantitative estimate of drug-likeness (QED) is 0.163. The van der Waals surface area contributed by atoms with E-state index in [-0.39, 0.29) is 0 Å². The van der Waals surface area contributed by atoms with Crippen LogP contribution in [0.15, 0.2) is 200 Å². The van der Waals surface area contributed by atoms with Gasteiger partial charge in [0.15, 0.2) is 17.5 Å². The molecule has 3 heterocycles. The van der Waals surface area contributed by atoms with Crippen molar-refractivity contribution in [1.82, 2.24) is 24.9 Å². The maximum Gasteiger partial charge on any atom is 0.164 e. The van der Waals surface area contributed by atoms with E-state index < -0.39 is 0 Å². The van der Waals surface area contributed by atoms with Crippen LogP contribution in [0.3, 0.4) is 0 Å². The Morgan fingerprint density at radius 2 is 0.600 bits per heavy atom. The molecular formula is C55H33N5. The third-order valence-corrected chi connectivity index (χ3v) is 11.7. The second-order valence-electron chi connectivity index (χ2n) is 15.3. The summed E-state index contributed by atoms with van der Waals surface area (Å²) in [6, 6.07) is 66.7. The Kier molecular flexibility index (Phi) is 7.78. The first-order valence-electron chi connectivity index (χ1n) is 20.1. The van der Waals surface area contributed by atoms with Gasteiger partial charge in [0.05, 0.1) is 11.0 Å². The topological polar surface area (TPSA) is 64.5 Å². The summed E-state index contributed by atoms with van der Waals surface area (Å²) < 4.78 is 0. The van der Waals surface area contributed by atoms with Gasteiger partial charge >= 0.3 is 0 Å². The van der Waals surface area contributed by atoms with E-state index in [0.717, 1.165) is 49.6 Å². The van der Waals surface area contributed by atoms with E-state index >= 15 is 0 Å². The fourth-order valence-corrected chi connectivity index (χ4v) is 8.89. The van der Waals surface area contributed by atoms with Crippen LogP contribution < -0.4 is 0 Å². The minimum Gasteiger partial charge on any atom is -0.256 e. The molecule has 0 amide bonds. The van der Waals surface area contributed by atoms with Crippen molar-refractivity contribution in [3.8, 4) is 56.4 Å². The molecule has 5 heteroatoms. The van der Waals surface area contributed by atoms with Crippen molar-refractivity contribution in [3.63, 3.8) is 0 Å². The molecule has 0 atom stereocenters. The third kappa shape index (κ3) is 5.75. The molecule has 0 aliphatic heterocycles. The van der Waals surface area contributed by atoms with Gasteiger partial charge in [-0.2, -0.15) is 0 Å². The number of hydrogen-bond acceptors (Lipinski definition) is 5. The molecule has 0 unspecified atom stereocenters. The molecule has 0 saturated heterocycles. The minimum atomic E-state index is 0.588. The van der Waals surface area contributed by atoms with Crippen LogP contribution >= 0.6 is 0 Å². The lowest BCUT2D eigenvalue weighted by atomic mass is 9.87. The Bertz CT molecular complexity index is 3340. The molecule has 0 bridgehead atoms. The first-order chi connectivity index (χ1) is 29.7. The molecule has 0 aliphatic rings. The molecule has 60 heavy (non-hydrogen) atoms. The highest BCUT2D eigenvalue weighted by Crippen LogP contribution is 2.43. The molecule has 5 nitrogen and oxygen atoms in total. The zero-order valence-electron chi connectivity index (χ0n) is 32.3. The Balaban J connectivity index is 1.18. The highest BCUT2D eigenvalue weighted by Gasteiger charge is 2.19. The van der Waals surface area contributed by atoms with Crippen molar-refractivity contribution in [1.29, 1.82) is 0 Å². The Morgan fingerprint density at radius 1 is 0.250 bits per heavy atom. The van der Waals surface area contributed by atoms with Crippen molar-refractivity contribution in [3.05, 3.63) is 200 Å². The SMILES string of the molecule is c1cnc2ccc(-c3nc(-c4cc(-c5c6ccccc6cc6ccccc56)cc(-c5c6ccccc6cc6ccccc56)c4)nc(-c4ccc5ncccc5c4)n3)cc2c1. The summed E-state index contributed by atoms with van der Waals surface area (Å²) in [5.41, 5.74) is 9.03. The van der Waals surface area contributed by atoms with E-state index in [9.17, 15) is 0 Å². The summed E-state index contributed by atoms with van der Waals surface area (Å²) in [4.78, 5) is 25.0. The van der Waals surface area contributed by atoms with E-state index in [0.29, 0.717) is 17.5 Å². The largest absolute Gasteiger partial charge is 0.256 e. The van der Waals surface area contributed by atoms with Gasteiger partial charge in [0.1, 0.15) is 0 Å². The zero-order valence-corrected chi connectivity index (χ0v) is 32.3. The predicted molar refractivity (Wildman–Crippen MR) is 248 cm³/mol. The molecular weight excluding hydrogens is 731 g/mol. The van der Waals surface area contributed by atoms with Gasteiger partial charge in [0, 0.05) is 39.9 Å². The summed E-state index contributed by atoms with van der Waals surface area (Å²) in [5.74, 6) is 1.76. The predicted octanol–water partition coefficient (Wildman–Crippen LogP) is 13.9. The molecule has 0 aliphatic carbocycles. The maximum absolute atomic E-state index is 5.33. The Morgan fingerprint density at radius 3 is 1.02 bits per heavy atom. The van der Waals surface area contributed by atoms with Gasteiger partial charge in [-0.05, 0) is 144 Å². The first-order valence-corrected chi connectivity index (χ1v) is 20.1. The van der Waals surface area contributed by atoms with Crippen LogP contribution in [0.4, 0.5) is 0 Å². The van der Waals surface area contributed by atoms with Crippen LogP contribution in [-0.2, 0) is 0 Å². The summed E-state index contributed by atoms with van der Waals surface area (Å²) in [7, 11) is 0. The summed E-state index contributed by atoms with van der Waals surface area (Å²) >= 11 is 0. The van der Waals surface area contributed by atoms with Crippen molar-refractivity contribution in [2.45, 2.75) is 0 Å². The lowest BCUT2D eigenvalue weighted by Gasteiger charge is -2.18. The number of nitrogens with zero attached hydrogens (tertiary/aromatic N) is 5. The smallest absolute Gasteiger partial charge is 0.164 e. The average molecular weight is 764 g/mol. The van der Waals surface area contributed by atoms with Crippen LogP contribution in [0.1, 0.15) is 0 Å². The van der Waals surface area contributed by atoms with Gasteiger partial charge in [-0.15, -0.1) is 0 Å². The zero-order chi connectivity index (χ0) is 39.6. The standard InChI is InChI=1S/C55H33N5/c1-5-17-45-34(11-1)27-35-12-2-6-18-46(35)51(45)42-31-43(52-47-19-7-3-13-36(47)28-37-14-4-8-20-48(37)52)33-44(32-42)55-59-53(40-21-23-49-38(29-40)15-9-25-56-49)58-54(60-55)41-22-24-50-39(30-41)16-10-26-57-50/h1-33H. The van der Waals surface area contributed by atoms with Crippen molar-refractivity contribution < 1.29 is 0 Å². The van der Waals surface area contributed by atoms with Gasteiger partial charge in [0.2, 0.25) is 0 Å². The summed E-state index contributed by atoms with van der Waals surface area (Å²) in [6.07, 6.45) is 3.64. The van der Waals surface area contributed by atoms with E-state index in [1.165, 1.54) is 54.2 Å². The monoisotopic (exact) mass is 763 g/mol. The van der Waals surface area contributed by atoms with Crippen molar-refractivity contribution in [2.24, 2.45) is 0 Å². The van der Waals surface area contributed by atoms with E-state index in [4.69, 9.17) is 15.0 Å². The number of fused-ring (bicyclic) bond motifs is 6. The molecule has 12 rings (SSSR count). The van der Waals surface area contributed by atoms with Crippen LogP contribution in [0.5, 0.6) is 0 Å². The fourth-order valence-electron chi connectivity index (χ4n) is 8.89. The van der Waals surface area contributed by atoms with E-state index in [1.54, 1.807) is 0 Å². The highest BCUT2D eigenvalue weighted by molar-refractivity contribution is 6.16. The number of pyridine rings is 2. The van der Waals surface area contributed by atoms with Crippen molar-refractivity contribution >= 4 is 64.9 Å². The molecule has 0 saturated carbocycles. The number of rotatable bonds is 5. The third-order valence-electron chi connectivity index (χ3n) is 11.7. The molecule has 0 radical (unpaired) electrons. The van der Waals surface area contributed by atoms with E-state index in [1.807, 2.05) is 36.7 Å². The molecule has 9 aromatic carbocycles. The van der Waals surface area contributed by atoms with Crippen molar-refractivity contribution in [2.75, 3.05) is 0 Å². The summed E-state index contributed by atoms with van der Waals surface area (Å²) in [5, 5.41) is 11.6. The van der Waals surface area contributed by atoms with Gasteiger partial charge < -0.3 is 0 Å². The number of benzene rings is 9. The van der Waals surface area contributed by atoms with Crippen LogP contribution in [-0.4, -0.2) is 24.9 Å².